The number of nitrogens with one attached hydrogen (secondary N) is 2. The molecule has 0 unspecified atom stereocenters. The summed E-state index contributed by atoms with van der Waals surface area (Å²) in [5.74, 6) is 2.42. The molecule has 0 aliphatic carbocycles. The third kappa shape index (κ3) is 16.2. The second kappa shape index (κ2) is 29.1. The molecule has 10 nitrogen and oxygen atoms in total. The first-order valence-electron chi connectivity index (χ1n) is 24.9. The summed E-state index contributed by atoms with van der Waals surface area (Å²) in [6.07, 6.45) is 12.5. The van der Waals surface area contributed by atoms with Crippen LogP contribution < -0.4 is 20.1 Å². The number of terminal acetylenes is 1. The van der Waals surface area contributed by atoms with Gasteiger partial charge in [-0.2, -0.15) is 0 Å². The van der Waals surface area contributed by atoms with Gasteiger partial charge in [0.1, 0.15) is 37.3 Å². The lowest BCUT2D eigenvalue weighted by atomic mass is 9.83. The van der Waals surface area contributed by atoms with Crippen molar-refractivity contribution in [3.05, 3.63) is 193 Å². The minimum Gasteiger partial charge on any atom is -0.493 e. The molecule has 0 saturated carbocycles. The summed E-state index contributed by atoms with van der Waals surface area (Å²) < 4.78 is 24.5. The van der Waals surface area contributed by atoms with Gasteiger partial charge in [-0.25, -0.2) is 9.59 Å². The lowest BCUT2D eigenvalue weighted by Gasteiger charge is -2.52. The third-order valence-electron chi connectivity index (χ3n) is 13.7. The van der Waals surface area contributed by atoms with Gasteiger partial charge in [-0.1, -0.05) is 157 Å². The van der Waals surface area contributed by atoms with Crippen molar-refractivity contribution in [2.75, 3.05) is 75.0 Å². The van der Waals surface area contributed by atoms with E-state index >= 15 is 0 Å². The fraction of sp³-hybridized carbons (Fsp3) is 0.344. The van der Waals surface area contributed by atoms with Crippen molar-refractivity contribution in [1.82, 2.24) is 4.90 Å². The van der Waals surface area contributed by atoms with Crippen LogP contribution in [0.4, 0.5) is 11.4 Å². The Kier molecular flexibility index (Phi) is 22.1. The van der Waals surface area contributed by atoms with Crippen LogP contribution in [0.25, 0.3) is 0 Å². The predicted molar refractivity (Wildman–Crippen MR) is 294 cm³/mol. The summed E-state index contributed by atoms with van der Waals surface area (Å²) >= 11 is 3.28. The molecule has 6 aromatic rings. The van der Waals surface area contributed by atoms with E-state index in [2.05, 4.69) is 44.3 Å². The fourth-order valence-corrected chi connectivity index (χ4v) is 10.1. The molecule has 0 spiro atoms. The van der Waals surface area contributed by atoms with E-state index in [-0.39, 0.29) is 31.6 Å². The molecule has 378 valence electrons. The van der Waals surface area contributed by atoms with E-state index < -0.39 is 12.1 Å². The van der Waals surface area contributed by atoms with E-state index in [1.807, 2.05) is 182 Å². The Morgan fingerprint density at radius 2 is 0.944 bits per heavy atom. The van der Waals surface area contributed by atoms with E-state index in [1.165, 1.54) is 0 Å². The van der Waals surface area contributed by atoms with Crippen molar-refractivity contribution in [2.24, 2.45) is 11.8 Å². The molecule has 72 heavy (non-hydrogen) atoms. The standard InChI is InChI=1S/C29H33N2O3.C21H24N2O2.C8H9BrO.C2H2.CH4/c32-29(28(24-10-4-1-5-11-24)30-25-12-6-2-7-13-25)34-27-22-31(18-16-23(27)17-19-31)20-21-33-26-14-8-3-9-15-26;24-21(25-19-15-23-13-11-16(19)12-14-23)20(17-7-3-1-4-8-17)22-18-9-5-2-6-10-18;9-6-7-10-8-4-2-1-3-5-8;1-2;/h1-15,23,27-28,30H,16-22H2;1-10,16,19-20,22H,11-15H2;1-5H,6-7H2;1-2H;1H4/q+1;;;;/t23?,27-,28+,31?;19-,20+;;;/m00.../s1. The zero-order valence-electron chi connectivity index (χ0n) is 40.6. The lowest BCUT2D eigenvalue weighted by Crippen LogP contribution is -2.65. The number of rotatable bonds is 17. The highest BCUT2D eigenvalue weighted by molar-refractivity contribution is 9.09. The fourth-order valence-electron chi connectivity index (χ4n) is 9.94. The number of carbonyl (C=O) groups excluding carboxylic acids is 2. The van der Waals surface area contributed by atoms with Gasteiger partial charge in [-0.15, -0.1) is 12.8 Å². The Balaban J connectivity index is 0.000000195. The number of esters is 2. The number of hydrogen-bond donors (Lipinski definition) is 2. The normalized spacial score (nSPS) is 21.8. The number of quaternary nitrogens is 1. The van der Waals surface area contributed by atoms with Crippen molar-refractivity contribution in [1.29, 1.82) is 0 Å². The molecular weight excluding hydrogens is 965 g/mol. The number of halogens is 1. The van der Waals surface area contributed by atoms with Crippen LogP contribution in [0.3, 0.4) is 0 Å². The first kappa shape index (κ1) is 54.7. The van der Waals surface area contributed by atoms with Gasteiger partial charge < -0.3 is 34.1 Å². The van der Waals surface area contributed by atoms with Crippen LogP contribution in [-0.2, 0) is 19.1 Å². The number of anilines is 2. The number of fused-ring (bicyclic) bond motifs is 6. The maximum atomic E-state index is 13.5. The molecule has 6 heterocycles. The van der Waals surface area contributed by atoms with Gasteiger partial charge in [-0.3, -0.25) is 4.90 Å². The van der Waals surface area contributed by atoms with Gasteiger partial charge in [0.05, 0.1) is 19.7 Å². The number of para-hydroxylation sites is 4. The van der Waals surface area contributed by atoms with Crippen LogP contribution >= 0.6 is 15.9 Å². The quantitative estimate of drug-likeness (QED) is 0.0401. The molecule has 6 aromatic carbocycles. The number of ether oxygens (including phenoxy) is 4. The number of hydrogen-bond acceptors (Lipinski definition) is 9. The summed E-state index contributed by atoms with van der Waals surface area (Å²) in [5.41, 5.74) is 3.67. The molecule has 4 bridgehead atoms. The SMILES string of the molecule is BrCCOc1ccccc1.C.C#C.O=C(O[C@H]1CN2CCC1CC2)[C@H](Nc1ccccc1)c1ccccc1.O=C(O[C@H]1C[N+]2(CCOc3ccccc3)CCC1CC2)[C@H](Nc1ccccc1)c1ccccc1. The molecule has 4 atom stereocenters. The number of piperidine rings is 6. The number of alkyl halides is 1. The number of benzene rings is 6. The van der Waals surface area contributed by atoms with Crippen LogP contribution in [0.5, 0.6) is 11.5 Å². The van der Waals surface area contributed by atoms with Gasteiger partial charge in [0, 0.05) is 42.0 Å². The summed E-state index contributed by atoms with van der Waals surface area (Å²) in [5, 5.41) is 7.61. The monoisotopic (exact) mass is 1040 g/mol. The first-order valence-corrected chi connectivity index (χ1v) is 26.0. The Labute approximate surface area is 436 Å². The second-order valence-electron chi connectivity index (χ2n) is 18.3. The number of carbonyl (C=O) groups is 2. The van der Waals surface area contributed by atoms with E-state index in [4.69, 9.17) is 18.9 Å². The molecule has 0 aromatic heterocycles. The van der Waals surface area contributed by atoms with Crippen LogP contribution in [0.15, 0.2) is 182 Å². The average Bonchev–Trinajstić information content (AvgIpc) is 3.44. The van der Waals surface area contributed by atoms with Gasteiger partial charge in [0.25, 0.3) is 0 Å². The highest BCUT2D eigenvalue weighted by Gasteiger charge is 2.48. The molecule has 6 aliphatic heterocycles. The second-order valence-corrected chi connectivity index (χ2v) is 19.1. The van der Waals surface area contributed by atoms with Crippen molar-refractivity contribution in [3.63, 3.8) is 0 Å². The highest BCUT2D eigenvalue weighted by Crippen LogP contribution is 2.37. The molecule has 11 heteroatoms. The van der Waals surface area contributed by atoms with Crippen molar-refractivity contribution in [2.45, 2.75) is 57.4 Å². The Hall–Kier alpha value is -6.58. The van der Waals surface area contributed by atoms with E-state index in [0.29, 0.717) is 18.4 Å². The number of nitrogens with zero attached hydrogens (tertiary/aromatic N) is 2. The molecule has 6 aliphatic rings. The van der Waals surface area contributed by atoms with Crippen LogP contribution in [-0.4, -0.2) is 97.9 Å². The summed E-state index contributed by atoms with van der Waals surface area (Å²) in [4.78, 5) is 28.9. The van der Waals surface area contributed by atoms with E-state index in [1.54, 1.807) is 0 Å². The largest absolute Gasteiger partial charge is 0.493 e. The maximum Gasteiger partial charge on any atom is 0.333 e. The minimum atomic E-state index is -0.533. The lowest BCUT2D eigenvalue weighted by molar-refractivity contribution is -0.946. The zero-order chi connectivity index (χ0) is 49.5. The Bertz CT molecular complexity index is 2460. The van der Waals surface area contributed by atoms with Gasteiger partial charge in [0.15, 0.2) is 18.2 Å². The molecule has 0 radical (unpaired) electrons. The minimum absolute atomic E-state index is 0. The predicted octanol–water partition coefficient (Wildman–Crippen LogP) is 11.9. The maximum absolute atomic E-state index is 13.5. The molecular formula is C61H72BrN4O6+. The van der Waals surface area contributed by atoms with Crippen LogP contribution in [0, 0.1) is 24.7 Å². The molecule has 6 saturated heterocycles. The molecule has 2 N–H and O–H groups in total. The summed E-state index contributed by atoms with van der Waals surface area (Å²) in [6, 6.07) is 58.1. The Morgan fingerprint density at radius 1 is 0.556 bits per heavy atom. The molecule has 12 rings (SSSR count). The Morgan fingerprint density at radius 3 is 1.36 bits per heavy atom. The van der Waals surface area contributed by atoms with Gasteiger partial charge in [0.2, 0.25) is 0 Å². The topological polar surface area (TPSA) is 98.4 Å². The van der Waals surface area contributed by atoms with Gasteiger partial charge in [-0.05, 0) is 91.5 Å². The summed E-state index contributed by atoms with van der Waals surface area (Å²) in [6.45, 7) is 8.67. The van der Waals surface area contributed by atoms with Crippen LogP contribution in [0.2, 0.25) is 0 Å². The van der Waals surface area contributed by atoms with Crippen LogP contribution in [0.1, 0.15) is 56.3 Å². The van der Waals surface area contributed by atoms with Crippen molar-refractivity contribution >= 4 is 39.2 Å². The molecule has 6 fully saturated rings. The summed E-state index contributed by atoms with van der Waals surface area (Å²) in [7, 11) is 0. The smallest absolute Gasteiger partial charge is 0.333 e. The van der Waals surface area contributed by atoms with E-state index in [0.717, 1.165) is 122 Å². The molecule has 0 amide bonds. The van der Waals surface area contributed by atoms with Gasteiger partial charge >= 0.3 is 11.9 Å². The van der Waals surface area contributed by atoms with Crippen molar-refractivity contribution in [3.8, 4) is 24.3 Å². The first-order chi connectivity index (χ1) is 34.9. The third-order valence-corrected chi connectivity index (χ3v) is 14.1. The average molecular weight is 1040 g/mol. The van der Waals surface area contributed by atoms with E-state index in [9.17, 15) is 9.59 Å². The van der Waals surface area contributed by atoms with Crippen molar-refractivity contribution < 1.29 is 33.0 Å². The zero-order valence-corrected chi connectivity index (χ0v) is 42.1. The highest BCUT2D eigenvalue weighted by atomic mass is 79.9.